The molecule has 1 aromatic carbocycles. The molecule has 236 valence electrons. The van der Waals surface area contributed by atoms with Gasteiger partial charge in [-0.15, -0.1) is 5.10 Å². The summed E-state index contributed by atoms with van der Waals surface area (Å²) in [7, 11) is 0. The van der Waals surface area contributed by atoms with Crippen LogP contribution in [0.1, 0.15) is 122 Å². The highest BCUT2D eigenvalue weighted by Crippen LogP contribution is 2.39. The molecule has 1 aliphatic heterocycles. The predicted molar refractivity (Wildman–Crippen MR) is 173 cm³/mol. The van der Waals surface area contributed by atoms with Gasteiger partial charge >= 0.3 is 0 Å². The molecule has 1 aromatic heterocycles. The molecule has 2 fully saturated rings. The van der Waals surface area contributed by atoms with E-state index in [1.807, 2.05) is 6.07 Å². The number of hydrogen-bond acceptors (Lipinski definition) is 5. The van der Waals surface area contributed by atoms with Gasteiger partial charge < -0.3 is 10.2 Å². The zero-order valence-electron chi connectivity index (χ0n) is 26.1. The highest BCUT2D eigenvalue weighted by molar-refractivity contribution is 6.30. The van der Waals surface area contributed by atoms with Crippen LogP contribution in [0.3, 0.4) is 0 Å². The normalized spacial score (nSPS) is 19.3. The van der Waals surface area contributed by atoms with E-state index >= 15 is 0 Å². The van der Waals surface area contributed by atoms with E-state index in [1.54, 1.807) is 33.9 Å². The Hall–Kier alpha value is -2.74. The third-order valence-corrected chi connectivity index (χ3v) is 9.56. The molecule has 0 bridgehead atoms. The lowest BCUT2D eigenvalue weighted by Gasteiger charge is -2.33. The van der Waals surface area contributed by atoms with Crippen molar-refractivity contribution in [1.82, 2.24) is 30.4 Å². The SMILES string of the molecule is CCCCCCCCCCCCCNC(=O)[C@@H]1[C@H](C2CCCCC2)CCN1C(=O)/C=C/c1cc(Cl)ccc1-n1cnnn1. The third kappa shape index (κ3) is 10.2. The van der Waals surface area contributed by atoms with Crippen LogP contribution in [0.2, 0.25) is 5.02 Å². The second-order valence-corrected chi connectivity index (χ2v) is 12.9. The standard InChI is InChI=1S/C34H51ClN6O2/c1-2-3-4-5-6-7-8-9-10-11-15-23-36-34(43)33-30(27-16-13-12-14-17-27)22-24-40(33)32(42)21-18-28-25-29(35)19-20-31(28)41-26-37-38-39-41/h18-21,25-27,30,33H,2-17,22-24H2,1H3,(H,36,43)/b21-18+/t30-,33-/m0/s1. The van der Waals surface area contributed by atoms with Gasteiger partial charge in [0.15, 0.2) is 0 Å². The Bertz CT molecular complexity index is 1150. The molecular weight excluding hydrogens is 560 g/mol. The molecule has 43 heavy (non-hydrogen) atoms. The monoisotopic (exact) mass is 610 g/mol. The second-order valence-electron chi connectivity index (χ2n) is 12.4. The number of carbonyl (C=O) groups excluding carboxylic acids is 2. The van der Waals surface area contributed by atoms with Crippen LogP contribution < -0.4 is 5.32 Å². The molecule has 9 heteroatoms. The zero-order chi connectivity index (χ0) is 30.3. The minimum absolute atomic E-state index is 0.0130. The highest BCUT2D eigenvalue weighted by atomic mass is 35.5. The van der Waals surface area contributed by atoms with E-state index in [0.717, 1.165) is 43.4 Å². The fourth-order valence-corrected chi connectivity index (χ4v) is 7.14. The van der Waals surface area contributed by atoms with Crippen LogP contribution in [0.25, 0.3) is 11.8 Å². The maximum absolute atomic E-state index is 13.7. The van der Waals surface area contributed by atoms with Crippen molar-refractivity contribution in [2.75, 3.05) is 13.1 Å². The average molecular weight is 611 g/mol. The Morgan fingerprint density at radius 2 is 1.65 bits per heavy atom. The Morgan fingerprint density at radius 1 is 0.953 bits per heavy atom. The van der Waals surface area contributed by atoms with E-state index in [1.165, 1.54) is 83.4 Å². The van der Waals surface area contributed by atoms with E-state index in [0.29, 0.717) is 24.0 Å². The Kier molecular flexibility index (Phi) is 14.0. The summed E-state index contributed by atoms with van der Waals surface area (Å²) in [5, 5.41) is 15.2. The quantitative estimate of drug-likeness (QED) is 0.147. The minimum atomic E-state index is -0.411. The van der Waals surface area contributed by atoms with Crippen LogP contribution in [0, 0.1) is 11.8 Å². The summed E-state index contributed by atoms with van der Waals surface area (Å²) < 4.78 is 1.54. The van der Waals surface area contributed by atoms with Crippen LogP contribution in [-0.4, -0.2) is 56.1 Å². The number of aromatic nitrogens is 4. The third-order valence-electron chi connectivity index (χ3n) is 9.32. The maximum Gasteiger partial charge on any atom is 0.247 e. The summed E-state index contributed by atoms with van der Waals surface area (Å²) >= 11 is 6.27. The van der Waals surface area contributed by atoms with Gasteiger partial charge in [0.25, 0.3) is 0 Å². The molecule has 1 saturated heterocycles. The van der Waals surface area contributed by atoms with Crippen molar-refractivity contribution in [3.05, 3.63) is 41.2 Å². The highest BCUT2D eigenvalue weighted by Gasteiger charge is 2.44. The number of nitrogens with zero attached hydrogens (tertiary/aromatic N) is 5. The van der Waals surface area contributed by atoms with E-state index in [4.69, 9.17) is 11.6 Å². The molecule has 0 unspecified atom stereocenters. The number of benzene rings is 1. The van der Waals surface area contributed by atoms with Gasteiger partial charge in [-0.05, 0) is 59.4 Å². The van der Waals surface area contributed by atoms with Crippen molar-refractivity contribution in [2.24, 2.45) is 11.8 Å². The number of unbranched alkanes of at least 4 members (excludes halogenated alkanes) is 10. The van der Waals surface area contributed by atoms with Gasteiger partial charge in [-0.3, -0.25) is 9.59 Å². The number of hydrogen-bond donors (Lipinski definition) is 1. The molecule has 1 N–H and O–H groups in total. The van der Waals surface area contributed by atoms with Gasteiger partial charge in [0.05, 0.1) is 5.69 Å². The van der Waals surface area contributed by atoms with E-state index in [2.05, 4.69) is 27.8 Å². The molecule has 1 saturated carbocycles. The number of halogens is 1. The zero-order valence-corrected chi connectivity index (χ0v) is 26.8. The van der Waals surface area contributed by atoms with E-state index < -0.39 is 6.04 Å². The van der Waals surface area contributed by atoms with Crippen LogP contribution in [-0.2, 0) is 9.59 Å². The van der Waals surface area contributed by atoms with E-state index in [-0.39, 0.29) is 17.7 Å². The summed E-state index contributed by atoms with van der Waals surface area (Å²) in [5.74, 6) is 0.598. The Labute approximate surface area is 263 Å². The first-order chi connectivity index (χ1) is 21.1. The predicted octanol–water partition coefficient (Wildman–Crippen LogP) is 7.55. The first-order valence-electron chi connectivity index (χ1n) is 16.9. The van der Waals surface area contributed by atoms with Crippen molar-refractivity contribution < 1.29 is 9.59 Å². The van der Waals surface area contributed by atoms with Gasteiger partial charge in [-0.1, -0.05) is 115 Å². The molecule has 2 heterocycles. The van der Waals surface area contributed by atoms with Gasteiger partial charge in [0.1, 0.15) is 12.4 Å². The largest absolute Gasteiger partial charge is 0.354 e. The smallest absolute Gasteiger partial charge is 0.247 e. The van der Waals surface area contributed by atoms with Crippen LogP contribution in [0.4, 0.5) is 0 Å². The lowest BCUT2D eigenvalue weighted by Crippen LogP contribution is -2.49. The Balaban J connectivity index is 1.31. The molecule has 2 amide bonds. The second kappa shape index (κ2) is 18.2. The minimum Gasteiger partial charge on any atom is -0.354 e. The number of rotatable bonds is 17. The topological polar surface area (TPSA) is 93.0 Å². The first-order valence-corrected chi connectivity index (χ1v) is 17.3. The van der Waals surface area contributed by atoms with Crippen LogP contribution >= 0.6 is 11.6 Å². The van der Waals surface area contributed by atoms with Crippen molar-refractivity contribution in [3.8, 4) is 5.69 Å². The number of carbonyl (C=O) groups is 2. The number of tetrazole rings is 1. The van der Waals surface area contributed by atoms with Gasteiger partial charge in [-0.2, -0.15) is 4.68 Å². The Morgan fingerprint density at radius 3 is 2.33 bits per heavy atom. The first kappa shape index (κ1) is 33.2. The molecule has 0 spiro atoms. The average Bonchev–Trinajstić information content (AvgIpc) is 3.72. The molecule has 2 aliphatic rings. The molecule has 8 nitrogen and oxygen atoms in total. The number of likely N-dealkylation sites (tertiary alicyclic amines) is 1. The lowest BCUT2D eigenvalue weighted by atomic mass is 9.76. The summed E-state index contributed by atoms with van der Waals surface area (Å²) in [6.45, 7) is 3.55. The number of nitrogens with one attached hydrogen (secondary N) is 1. The number of amides is 2. The van der Waals surface area contributed by atoms with Crippen molar-refractivity contribution >= 4 is 29.5 Å². The fraction of sp³-hybridized carbons (Fsp3) is 0.676. The molecule has 2 aromatic rings. The van der Waals surface area contributed by atoms with Gasteiger partial charge in [0, 0.05) is 29.8 Å². The maximum atomic E-state index is 13.7. The molecular formula is C34H51ClN6O2. The van der Waals surface area contributed by atoms with Crippen molar-refractivity contribution in [2.45, 2.75) is 122 Å². The van der Waals surface area contributed by atoms with Crippen LogP contribution in [0.5, 0.6) is 0 Å². The van der Waals surface area contributed by atoms with Gasteiger partial charge in [-0.25, -0.2) is 0 Å². The molecule has 4 rings (SSSR count). The van der Waals surface area contributed by atoms with Gasteiger partial charge in [0.2, 0.25) is 11.8 Å². The molecule has 2 atom stereocenters. The summed E-state index contributed by atoms with van der Waals surface area (Å²) in [5.41, 5.74) is 1.45. The molecule has 0 radical (unpaired) electrons. The van der Waals surface area contributed by atoms with Crippen LogP contribution in [0.15, 0.2) is 30.6 Å². The summed E-state index contributed by atoms with van der Waals surface area (Å²) in [4.78, 5) is 29.0. The van der Waals surface area contributed by atoms with Crippen molar-refractivity contribution in [1.29, 1.82) is 0 Å². The molecule has 1 aliphatic carbocycles. The summed E-state index contributed by atoms with van der Waals surface area (Å²) in [6.07, 6.45) is 25.8. The fourth-order valence-electron chi connectivity index (χ4n) is 6.96. The van der Waals surface area contributed by atoms with E-state index in [9.17, 15) is 9.59 Å². The van der Waals surface area contributed by atoms with Crippen molar-refractivity contribution in [3.63, 3.8) is 0 Å². The summed E-state index contributed by atoms with van der Waals surface area (Å²) in [6, 6.07) is 4.96. The lowest BCUT2D eigenvalue weighted by molar-refractivity contribution is -0.136.